The molecule has 2 aromatic heterocycles. The maximum atomic E-state index is 9.42. The molecule has 3 aromatic rings. The third-order valence-corrected chi connectivity index (χ3v) is 6.94. The second-order valence-electron chi connectivity index (χ2n) is 9.24. The summed E-state index contributed by atoms with van der Waals surface area (Å²) in [5.41, 5.74) is 5.97. The summed E-state index contributed by atoms with van der Waals surface area (Å²) in [6.07, 6.45) is 9.67. The molecule has 0 spiro atoms. The van der Waals surface area contributed by atoms with Crippen LogP contribution in [0.15, 0.2) is 54.7 Å². The average Bonchev–Trinajstić information content (AvgIpc) is 2.90. The van der Waals surface area contributed by atoms with Gasteiger partial charge in [0, 0.05) is 49.2 Å². The standard InChI is InChI=1S/C28H31N5/c29-20-22-7-4-8-23(17-22)26-9-10-27(33-15-13-30-14-16-33)32-28(26)24-11-12-31-25(19-24)18-21-5-2-1-3-6-21/h4,7-12,17,19,21,30H,1-3,5-6,13-16,18H2. The molecule has 2 fully saturated rings. The molecule has 1 N–H and O–H groups in total. The fourth-order valence-corrected chi connectivity index (χ4v) is 5.15. The van der Waals surface area contributed by atoms with Gasteiger partial charge in [-0.3, -0.25) is 4.98 Å². The molecule has 5 rings (SSSR count). The van der Waals surface area contributed by atoms with Crippen molar-refractivity contribution in [2.45, 2.75) is 38.5 Å². The Morgan fingerprint density at radius 3 is 2.64 bits per heavy atom. The molecule has 3 heterocycles. The van der Waals surface area contributed by atoms with E-state index >= 15 is 0 Å². The SMILES string of the molecule is N#Cc1cccc(-c2ccc(N3CCNCC3)nc2-c2ccnc(CC3CCCCC3)c2)c1. The van der Waals surface area contributed by atoms with Gasteiger partial charge in [-0.2, -0.15) is 5.26 Å². The van der Waals surface area contributed by atoms with Crippen LogP contribution in [0.5, 0.6) is 0 Å². The Balaban J connectivity index is 1.54. The summed E-state index contributed by atoms with van der Waals surface area (Å²) in [6.45, 7) is 3.87. The largest absolute Gasteiger partial charge is 0.354 e. The van der Waals surface area contributed by atoms with E-state index in [4.69, 9.17) is 9.97 Å². The quantitative estimate of drug-likeness (QED) is 0.593. The lowest BCUT2D eigenvalue weighted by molar-refractivity contribution is 0.354. The summed E-state index contributed by atoms with van der Waals surface area (Å²) in [5, 5.41) is 12.8. The maximum absolute atomic E-state index is 9.42. The number of piperazine rings is 1. The molecule has 1 aromatic carbocycles. The first-order chi connectivity index (χ1) is 16.3. The minimum absolute atomic E-state index is 0.664. The molecule has 168 valence electrons. The van der Waals surface area contributed by atoms with E-state index in [1.54, 1.807) is 0 Å². The van der Waals surface area contributed by atoms with Gasteiger partial charge in [-0.1, -0.05) is 44.2 Å². The van der Waals surface area contributed by atoms with Gasteiger partial charge in [-0.25, -0.2) is 4.98 Å². The average molecular weight is 438 g/mol. The van der Waals surface area contributed by atoms with Gasteiger partial charge in [-0.15, -0.1) is 0 Å². The van der Waals surface area contributed by atoms with Crippen LogP contribution in [0, 0.1) is 17.2 Å². The molecular formula is C28H31N5. The third kappa shape index (κ3) is 5.07. The van der Waals surface area contributed by atoms with Crippen LogP contribution in [-0.2, 0) is 6.42 Å². The lowest BCUT2D eigenvalue weighted by Crippen LogP contribution is -2.43. The van der Waals surface area contributed by atoms with Crippen LogP contribution in [0.4, 0.5) is 5.82 Å². The molecule has 0 unspecified atom stereocenters. The van der Waals surface area contributed by atoms with Gasteiger partial charge in [0.1, 0.15) is 5.82 Å². The molecule has 5 nitrogen and oxygen atoms in total. The van der Waals surface area contributed by atoms with Gasteiger partial charge in [0.15, 0.2) is 0 Å². The van der Waals surface area contributed by atoms with Crippen molar-refractivity contribution < 1.29 is 0 Å². The zero-order chi connectivity index (χ0) is 22.5. The van der Waals surface area contributed by atoms with E-state index in [1.807, 2.05) is 24.4 Å². The predicted octanol–water partition coefficient (Wildman–Crippen LogP) is 5.21. The number of anilines is 1. The fourth-order valence-electron chi connectivity index (χ4n) is 5.15. The van der Waals surface area contributed by atoms with E-state index in [0.29, 0.717) is 5.56 Å². The lowest BCUT2D eigenvalue weighted by atomic mass is 9.86. The van der Waals surface area contributed by atoms with E-state index in [1.165, 1.54) is 32.1 Å². The molecule has 0 radical (unpaired) electrons. The first kappa shape index (κ1) is 21.6. The highest BCUT2D eigenvalue weighted by molar-refractivity contribution is 5.82. The van der Waals surface area contributed by atoms with E-state index < -0.39 is 0 Å². The minimum Gasteiger partial charge on any atom is -0.354 e. The van der Waals surface area contributed by atoms with Crippen molar-refractivity contribution in [1.82, 2.24) is 15.3 Å². The van der Waals surface area contributed by atoms with Gasteiger partial charge in [0.25, 0.3) is 0 Å². The Labute approximate surface area is 196 Å². The Hall–Kier alpha value is -3.23. The highest BCUT2D eigenvalue weighted by atomic mass is 15.2. The Kier molecular flexibility index (Phi) is 6.64. The van der Waals surface area contributed by atoms with Crippen molar-refractivity contribution in [1.29, 1.82) is 5.26 Å². The number of pyridine rings is 2. The summed E-state index contributed by atoms with van der Waals surface area (Å²) in [5.74, 6) is 1.76. The molecule has 1 aliphatic heterocycles. The van der Waals surface area contributed by atoms with Gasteiger partial charge in [0.05, 0.1) is 17.3 Å². The molecule has 1 saturated heterocycles. The van der Waals surface area contributed by atoms with Crippen LogP contribution >= 0.6 is 0 Å². The normalized spacial score (nSPS) is 17.0. The smallest absolute Gasteiger partial charge is 0.129 e. The van der Waals surface area contributed by atoms with Crippen LogP contribution in [0.2, 0.25) is 0 Å². The molecule has 1 aliphatic carbocycles. The zero-order valence-corrected chi connectivity index (χ0v) is 19.1. The molecule has 5 heteroatoms. The highest BCUT2D eigenvalue weighted by Gasteiger charge is 2.18. The number of nitriles is 1. The molecule has 0 bridgehead atoms. The number of rotatable bonds is 5. The lowest BCUT2D eigenvalue weighted by Gasteiger charge is -2.29. The summed E-state index contributed by atoms with van der Waals surface area (Å²) in [6, 6.07) is 18.7. The molecule has 2 aliphatic rings. The molecule has 33 heavy (non-hydrogen) atoms. The predicted molar refractivity (Wildman–Crippen MR) is 133 cm³/mol. The Morgan fingerprint density at radius 1 is 0.970 bits per heavy atom. The monoisotopic (exact) mass is 437 g/mol. The Bertz CT molecular complexity index is 1140. The van der Waals surface area contributed by atoms with Crippen molar-refractivity contribution in [2.24, 2.45) is 5.92 Å². The van der Waals surface area contributed by atoms with Crippen molar-refractivity contribution in [3.8, 4) is 28.5 Å². The van der Waals surface area contributed by atoms with E-state index in [-0.39, 0.29) is 0 Å². The van der Waals surface area contributed by atoms with E-state index in [0.717, 1.165) is 72.4 Å². The number of benzene rings is 1. The third-order valence-electron chi connectivity index (χ3n) is 6.94. The number of nitrogens with zero attached hydrogens (tertiary/aromatic N) is 4. The summed E-state index contributed by atoms with van der Waals surface area (Å²) in [4.78, 5) is 12.2. The molecule has 1 saturated carbocycles. The second-order valence-corrected chi connectivity index (χ2v) is 9.24. The minimum atomic E-state index is 0.664. The van der Waals surface area contributed by atoms with Crippen molar-refractivity contribution in [2.75, 3.05) is 31.1 Å². The highest BCUT2D eigenvalue weighted by Crippen LogP contribution is 2.34. The first-order valence-corrected chi connectivity index (χ1v) is 12.2. The van der Waals surface area contributed by atoms with Crippen molar-refractivity contribution in [3.63, 3.8) is 0 Å². The van der Waals surface area contributed by atoms with Gasteiger partial charge >= 0.3 is 0 Å². The van der Waals surface area contributed by atoms with Gasteiger partial charge in [0.2, 0.25) is 0 Å². The first-order valence-electron chi connectivity index (χ1n) is 12.2. The summed E-state index contributed by atoms with van der Waals surface area (Å²) < 4.78 is 0. The number of hydrogen-bond donors (Lipinski definition) is 1. The summed E-state index contributed by atoms with van der Waals surface area (Å²) >= 11 is 0. The molecule has 0 atom stereocenters. The Morgan fingerprint density at radius 2 is 1.82 bits per heavy atom. The van der Waals surface area contributed by atoms with E-state index in [2.05, 4.69) is 46.6 Å². The zero-order valence-electron chi connectivity index (χ0n) is 19.1. The second kappa shape index (κ2) is 10.1. The maximum Gasteiger partial charge on any atom is 0.129 e. The van der Waals surface area contributed by atoms with Gasteiger partial charge in [-0.05, 0) is 54.3 Å². The van der Waals surface area contributed by atoms with Crippen LogP contribution in [0.3, 0.4) is 0 Å². The van der Waals surface area contributed by atoms with Crippen molar-refractivity contribution >= 4 is 5.82 Å². The molecular weight excluding hydrogens is 406 g/mol. The topological polar surface area (TPSA) is 64.8 Å². The fraction of sp³-hybridized carbons (Fsp3) is 0.393. The van der Waals surface area contributed by atoms with Crippen LogP contribution in [0.1, 0.15) is 43.4 Å². The summed E-state index contributed by atoms with van der Waals surface area (Å²) in [7, 11) is 0. The van der Waals surface area contributed by atoms with Crippen molar-refractivity contribution in [3.05, 3.63) is 66.0 Å². The van der Waals surface area contributed by atoms with Crippen LogP contribution in [-0.4, -0.2) is 36.1 Å². The number of aromatic nitrogens is 2. The number of nitrogens with one attached hydrogen (secondary N) is 1. The number of hydrogen-bond acceptors (Lipinski definition) is 5. The molecule has 0 amide bonds. The van der Waals surface area contributed by atoms with E-state index in [9.17, 15) is 5.26 Å². The van der Waals surface area contributed by atoms with Gasteiger partial charge < -0.3 is 10.2 Å². The van der Waals surface area contributed by atoms with Crippen LogP contribution in [0.25, 0.3) is 22.4 Å². The van der Waals surface area contributed by atoms with Crippen LogP contribution < -0.4 is 10.2 Å².